The largest absolute Gasteiger partial charge is 0.313 e. The van der Waals surface area contributed by atoms with Crippen molar-refractivity contribution < 1.29 is 0 Å². The number of nitrogens with zero attached hydrogens (tertiary/aromatic N) is 2. The number of likely N-dealkylation sites (tertiary alicyclic amines) is 1. The molecular weight excluding hydrogens is 198 g/mol. The first-order chi connectivity index (χ1) is 7.68. The van der Waals surface area contributed by atoms with Gasteiger partial charge in [0.2, 0.25) is 0 Å². The quantitative estimate of drug-likeness (QED) is 0.676. The van der Waals surface area contributed by atoms with Crippen molar-refractivity contribution in [2.24, 2.45) is 0 Å². The Kier molecular flexibility index (Phi) is 7.01. The van der Waals surface area contributed by atoms with Gasteiger partial charge in [0, 0.05) is 19.1 Å². The van der Waals surface area contributed by atoms with E-state index in [4.69, 9.17) is 0 Å². The van der Waals surface area contributed by atoms with Gasteiger partial charge < -0.3 is 15.1 Å². The van der Waals surface area contributed by atoms with Gasteiger partial charge in [0.25, 0.3) is 0 Å². The summed E-state index contributed by atoms with van der Waals surface area (Å²) in [5.41, 5.74) is 0. The van der Waals surface area contributed by atoms with Crippen molar-refractivity contribution in [2.75, 3.05) is 46.3 Å². The van der Waals surface area contributed by atoms with Crippen molar-refractivity contribution in [3.63, 3.8) is 0 Å². The lowest BCUT2D eigenvalue weighted by Gasteiger charge is -2.20. The monoisotopic (exact) mass is 227 g/mol. The van der Waals surface area contributed by atoms with Crippen molar-refractivity contribution in [3.05, 3.63) is 0 Å². The lowest BCUT2D eigenvalue weighted by atomic mass is 10.3. The fourth-order valence-electron chi connectivity index (χ4n) is 2.23. The molecule has 0 radical (unpaired) electrons. The Balaban J connectivity index is 1.91. The molecule has 0 aromatic rings. The highest BCUT2D eigenvalue weighted by Gasteiger charge is 2.10. The Morgan fingerprint density at radius 2 is 1.88 bits per heavy atom. The zero-order chi connectivity index (χ0) is 11.8. The van der Waals surface area contributed by atoms with Gasteiger partial charge in [0.15, 0.2) is 0 Å². The Morgan fingerprint density at radius 3 is 2.50 bits per heavy atom. The van der Waals surface area contributed by atoms with Gasteiger partial charge in [-0.15, -0.1) is 0 Å². The maximum absolute atomic E-state index is 3.46. The Labute approximate surface area is 101 Å². The highest BCUT2D eigenvalue weighted by atomic mass is 15.1. The van der Waals surface area contributed by atoms with Crippen LogP contribution in [0.4, 0.5) is 0 Å². The number of rotatable bonds is 8. The molecule has 0 aromatic heterocycles. The fraction of sp³-hybridized carbons (Fsp3) is 1.00. The van der Waals surface area contributed by atoms with Crippen LogP contribution < -0.4 is 5.32 Å². The zero-order valence-corrected chi connectivity index (χ0v) is 11.3. The minimum absolute atomic E-state index is 0.609. The molecule has 1 aliphatic rings. The molecule has 1 rings (SSSR count). The second-order valence-corrected chi connectivity index (χ2v) is 5.31. The predicted molar refractivity (Wildman–Crippen MR) is 70.9 cm³/mol. The van der Waals surface area contributed by atoms with Gasteiger partial charge >= 0.3 is 0 Å². The van der Waals surface area contributed by atoms with Crippen LogP contribution in [0.15, 0.2) is 0 Å². The average molecular weight is 227 g/mol. The van der Waals surface area contributed by atoms with E-state index in [2.05, 4.69) is 36.0 Å². The molecule has 0 aromatic carbocycles. The first-order valence-electron chi connectivity index (χ1n) is 6.83. The molecular formula is C13H29N3. The molecule has 0 spiro atoms. The average Bonchev–Trinajstić information content (AvgIpc) is 2.70. The Bertz CT molecular complexity index is 165. The van der Waals surface area contributed by atoms with Crippen molar-refractivity contribution in [1.82, 2.24) is 15.1 Å². The molecule has 3 heteroatoms. The van der Waals surface area contributed by atoms with Gasteiger partial charge in [0.05, 0.1) is 0 Å². The van der Waals surface area contributed by atoms with Crippen LogP contribution in [0.5, 0.6) is 0 Å². The summed E-state index contributed by atoms with van der Waals surface area (Å²) in [7, 11) is 2.23. The fourth-order valence-corrected chi connectivity index (χ4v) is 2.23. The van der Waals surface area contributed by atoms with E-state index in [-0.39, 0.29) is 0 Å². The molecule has 16 heavy (non-hydrogen) atoms. The molecule has 0 amide bonds. The van der Waals surface area contributed by atoms with Crippen LogP contribution in [0, 0.1) is 0 Å². The van der Waals surface area contributed by atoms with E-state index in [0.717, 1.165) is 13.1 Å². The predicted octanol–water partition coefficient (Wildman–Crippen LogP) is 1.40. The van der Waals surface area contributed by atoms with Gasteiger partial charge in [0.1, 0.15) is 0 Å². The lowest BCUT2D eigenvalue weighted by Crippen LogP contribution is -2.34. The lowest BCUT2D eigenvalue weighted by molar-refractivity contribution is 0.277. The topological polar surface area (TPSA) is 18.5 Å². The summed E-state index contributed by atoms with van der Waals surface area (Å²) >= 11 is 0. The molecule has 0 saturated carbocycles. The van der Waals surface area contributed by atoms with Gasteiger partial charge in [-0.3, -0.25) is 0 Å². The molecule has 1 fully saturated rings. The Hall–Kier alpha value is -0.120. The highest BCUT2D eigenvalue weighted by Crippen LogP contribution is 2.07. The molecule has 96 valence electrons. The molecule has 1 N–H and O–H groups in total. The summed E-state index contributed by atoms with van der Waals surface area (Å²) in [6, 6.07) is 0.609. The van der Waals surface area contributed by atoms with Crippen molar-refractivity contribution in [2.45, 2.75) is 39.2 Å². The SMILES string of the molecule is CC(C)NCCN(C)CCCN1CCCC1. The van der Waals surface area contributed by atoms with Crippen LogP contribution in [0.1, 0.15) is 33.1 Å². The highest BCUT2D eigenvalue weighted by molar-refractivity contribution is 4.66. The van der Waals surface area contributed by atoms with E-state index >= 15 is 0 Å². The number of likely N-dealkylation sites (N-methyl/N-ethyl adjacent to an activating group) is 1. The van der Waals surface area contributed by atoms with Crippen LogP contribution in [-0.4, -0.2) is 62.2 Å². The van der Waals surface area contributed by atoms with Crippen molar-refractivity contribution in [3.8, 4) is 0 Å². The second kappa shape index (κ2) is 8.04. The zero-order valence-electron chi connectivity index (χ0n) is 11.3. The van der Waals surface area contributed by atoms with Gasteiger partial charge in [-0.05, 0) is 52.5 Å². The van der Waals surface area contributed by atoms with Crippen LogP contribution >= 0.6 is 0 Å². The Morgan fingerprint density at radius 1 is 1.19 bits per heavy atom. The molecule has 0 aliphatic carbocycles. The van der Waals surface area contributed by atoms with Crippen LogP contribution in [0.2, 0.25) is 0 Å². The molecule has 0 bridgehead atoms. The maximum atomic E-state index is 3.46. The van der Waals surface area contributed by atoms with Crippen molar-refractivity contribution in [1.29, 1.82) is 0 Å². The summed E-state index contributed by atoms with van der Waals surface area (Å²) in [6.07, 6.45) is 4.14. The van der Waals surface area contributed by atoms with E-state index in [1.54, 1.807) is 0 Å². The summed E-state index contributed by atoms with van der Waals surface area (Å²) in [6.45, 7) is 11.9. The van der Waals surface area contributed by atoms with Gasteiger partial charge in [-0.1, -0.05) is 13.8 Å². The van der Waals surface area contributed by atoms with Gasteiger partial charge in [-0.2, -0.15) is 0 Å². The minimum atomic E-state index is 0.609. The summed E-state index contributed by atoms with van der Waals surface area (Å²) in [4.78, 5) is 5.03. The molecule has 1 aliphatic heterocycles. The van der Waals surface area contributed by atoms with E-state index in [1.165, 1.54) is 45.4 Å². The third-order valence-electron chi connectivity index (χ3n) is 3.26. The summed E-state index contributed by atoms with van der Waals surface area (Å²) in [5, 5.41) is 3.46. The van der Waals surface area contributed by atoms with E-state index in [9.17, 15) is 0 Å². The van der Waals surface area contributed by atoms with Crippen molar-refractivity contribution >= 4 is 0 Å². The third-order valence-corrected chi connectivity index (χ3v) is 3.26. The standard InChI is InChI=1S/C13H29N3/c1-13(2)14-7-12-15(3)8-6-11-16-9-4-5-10-16/h13-14H,4-12H2,1-3H3. The summed E-state index contributed by atoms with van der Waals surface area (Å²) in [5.74, 6) is 0. The van der Waals surface area contributed by atoms with E-state index in [0.29, 0.717) is 6.04 Å². The number of hydrogen-bond acceptors (Lipinski definition) is 3. The second-order valence-electron chi connectivity index (χ2n) is 5.31. The molecule has 3 nitrogen and oxygen atoms in total. The molecule has 1 saturated heterocycles. The molecule has 0 unspecified atom stereocenters. The first-order valence-corrected chi connectivity index (χ1v) is 6.83. The first kappa shape index (κ1) is 13.9. The smallest absolute Gasteiger partial charge is 0.0104 e. The maximum Gasteiger partial charge on any atom is 0.0104 e. The third kappa shape index (κ3) is 6.46. The van der Waals surface area contributed by atoms with E-state index in [1.807, 2.05) is 0 Å². The minimum Gasteiger partial charge on any atom is -0.313 e. The number of nitrogens with one attached hydrogen (secondary N) is 1. The van der Waals surface area contributed by atoms with Crippen LogP contribution in [-0.2, 0) is 0 Å². The number of hydrogen-bond donors (Lipinski definition) is 1. The van der Waals surface area contributed by atoms with Crippen LogP contribution in [0.3, 0.4) is 0 Å². The molecule has 1 heterocycles. The van der Waals surface area contributed by atoms with Crippen LogP contribution in [0.25, 0.3) is 0 Å². The normalized spacial score (nSPS) is 17.8. The summed E-state index contributed by atoms with van der Waals surface area (Å²) < 4.78 is 0. The van der Waals surface area contributed by atoms with Gasteiger partial charge in [-0.25, -0.2) is 0 Å². The van der Waals surface area contributed by atoms with E-state index < -0.39 is 0 Å². The molecule has 0 atom stereocenters.